The molecule has 0 radical (unpaired) electrons. The molecule has 9 heteroatoms. The molecule has 16 heavy (non-hydrogen) atoms. The Balaban J connectivity index is 3.34. The molecule has 0 saturated carbocycles. The Kier molecular flexibility index (Phi) is 2.38. The van der Waals surface area contributed by atoms with Gasteiger partial charge >= 0.3 is 18.2 Å². The first-order valence-corrected chi connectivity index (χ1v) is 3.74. The topological polar surface area (TPSA) is 18.5 Å². The summed E-state index contributed by atoms with van der Waals surface area (Å²) >= 11 is 0. The molecule has 1 heterocycles. The summed E-state index contributed by atoms with van der Waals surface area (Å²) in [7, 11) is 0. The summed E-state index contributed by atoms with van der Waals surface area (Å²) in [6.07, 6.45) is -11.5. The predicted molar refractivity (Wildman–Crippen MR) is 35.7 cm³/mol. The van der Waals surface area contributed by atoms with Gasteiger partial charge in [-0.25, -0.2) is 0 Å². The molecule has 0 bridgehead atoms. The van der Waals surface area contributed by atoms with Crippen LogP contribution in [0.15, 0.2) is 12.5 Å². The zero-order valence-corrected chi connectivity index (χ0v) is 7.67. The fourth-order valence-corrected chi connectivity index (χ4v) is 1.14. The third-order valence-corrected chi connectivity index (χ3v) is 2.09. The Morgan fingerprint density at radius 2 is 1.44 bits per heavy atom. The zero-order valence-electron chi connectivity index (χ0n) is 7.67. The highest BCUT2D eigenvalue weighted by molar-refractivity contribution is 5.10. The Bertz CT molecular complexity index is 290. The van der Waals surface area contributed by atoms with Gasteiger partial charge in [0.25, 0.3) is 11.5 Å². The predicted octanol–water partition coefficient (Wildman–Crippen LogP) is 3.05. The van der Waals surface area contributed by atoms with Gasteiger partial charge in [0, 0.05) is 0 Å². The Morgan fingerprint density at radius 1 is 1.00 bits per heavy atom. The molecule has 1 rings (SSSR count). The fraction of sp³-hybridized carbons (Fsp3) is 0.714. The van der Waals surface area contributed by atoms with Crippen molar-refractivity contribution in [1.29, 1.82) is 0 Å². The maximum atomic E-state index is 13.4. The molecular weight excluding hydrogens is 249 g/mol. The zero-order chi connectivity index (χ0) is 13.0. The van der Waals surface area contributed by atoms with Crippen LogP contribution in [0.2, 0.25) is 0 Å². The number of hydrogen-bond donors (Lipinski definition) is 0. The van der Waals surface area contributed by atoms with Crippen molar-refractivity contribution >= 4 is 0 Å². The van der Waals surface area contributed by atoms with Gasteiger partial charge in [-0.3, -0.25) is 0 Å². The first-order chi connectivity index (χ1) is 6.85. The quantitative estimate of drug-likeness (QED) is 0.618. The SMILES string of the molecule is C=C1OC(C)(C(F)(F)F)C(F)(C(F)(F)F)O1. The average Bonchev–Trinajstić information content (AvgIpc) is 2.21. The van der Waals surface area contributed by atoms with Crippen molar-refractivity contribution in [2.24, 2.45) is 0 Å². The number of hydrogen-bond acceptors (Lipinski definition) is 2. The van der Waals surface area contributed by atoms with Crippen LogP contribution in [0.1, 0.15) is 6.92 Å². The second-order valence-electron chi connectivity index (χ2n) is 3.20. The molecule has 94 valence electrons. The summed E-state index contributed by atoms with van der Waals surface area (Å²) in [5.74, 6) is -6.38. The molecule has 0 spiro atoms. The van der Waals surface area contributed by atoms with Crippen LogP contribution < -0.4 is 0 Å². The van der Waals surface area contributed by atoms with Gasteiger partial charge in [-0.2, -0.15) is 30.7 Å². The summed E-state index contributed by atoms with van der Waals surface area (Å²) in [4.78, 5) is 0. The molecule has 0 aromatic heterocycles. The highest BCUT2D eigenvalue weighted by Crippen LogP contribution is 2.57. The highest BCUT2D eigenvalue weighted by atomic mass is 19.4. The lowest BCUT2D eigenvalue weighted by Gasteiger charge is -2.34. The lowest BCUT2D eigenvalue weighted by Crippen LogP contribution is -2.63. The van der Waals surface area contributed by atoms with Gasteiger partial charge in [0.05, 0.1) is 0 Å². The molecule has 0 amide bonds. The van der Waals surface area contributed by atoms with Crippen molar-refractivity contribution in [3.63, 3.8) is 0 Å². The Labute approximate surface area is 84.6 Å². The third kappa shape index (κ3) is 1.40. The monoisotopic (exact) mass is 254 g/mol. The molecule has 0 N–H and O–H groups in total. The molecule has 2 nitrogen and oxygen atoms in total. The summed E-state index contributed by atoms with van der Waals surface area (Å²) in [5.41, 5.74) is -4.17. The van der Waals surface area contributed by atoms with Crippen molar-refractivity contribution in [3.05, 3.63) is 12.5 Å². The normalized spacial score (nSPS) is 35.9. The number of rotatable bonds is 0. The number of alkyl halides is 7. The minimum Gasteiger partial charge on any atom is -0.442 e. The molecular formula is C7H5F7O2. The molecule has 1 saturated heterocycles. The first-order valence-electron chi connectivity index (χ1n) is 3.74. The van der Waals surface area contributed by atoms with Gasteiger partial charge in [0.2, 0.25) is 0 Å². The van der Waals surface area contributed by atoms with E-state index in [2.05, 4.69) is 16.1 Å². The van der Waals surface area contributed by atoms with Crippen molar-refractivity contribution < 1.29 is 40.2 Å². The summed E-state index contributed by atoms with van der Waals surface area (Å²) in [6, 6.07) is 0. The molecule has 0 aromatic rings. The summed E-state index contributed by atoms with van der Waals surface area (Å²) < 4.78 is 94.2. The van der Waals surface area contributed by atoms with Gasteiger partial charge < -0.3 is 9.47 Å². The fourth-order valence-electron chi connectivity index (χ4n) is 1.14. The van der Waals surface area contributed by atoms with Crippen LogP contribution in [-0.2, 0) is 9.47 Å². The second kappa shape index (κ2) is 2.95. The van der Waals surface area contributed by atoms with E-state index < -0.39 is 29.8 Å². The third-order valence-electron chi connectivity index (χ3n) is 2.09. The van der Waals surface area contributed by atoms with Crippen LogP contribution in [0.5, 0.6) is 0 Å². The molecule has 1 aliphatic heterocycles. The molecule has 0 aliphatic carbocycles. The minimum atomic E-state index is -5.91. The number of halogens is 7. The van der Waals surface area contributed by atoms with Gasteiger partial charge in [0.15, 0.2) is 0 Å². The standard InChI is InChI=1S/C7H5F7O2/c1-3-15-4(2,6(9,10)11)5(8,16-3)7(12,13)14/h1H2,2H3. The van der Waals surface area contributed by atoms with E-state index in [9.17, 15) is 30.7 Å². The van der Waals surface area contributed by atoms with Crippen molar-refractivity contribution in [3.8, 4) is 0 Å². The molecule has 2 unspecified atom stereocenters. The molecule has 0 aromatic carbocycles. The molecule has 2 atom stereocenters. The first kappa shape index (κ1) is 12.9. The van der Waals surface area contributed by atoms with Gasteiger partial charge in [-0.15, -0.1) is 0 Å². The number of ether oxygens (including phenoxy) is 2. The minimum absolute atomic E-state index is 0.0985. The van der Waals surface area contributed by atoms with E-state index in [-0.39, 0.29) is 6.92 Å². The summed E-state index contributed by atoms with van der Waals surface area (Å²) in [6.45, 7) is 2.49. The summed E-state index contributed by atoms with van der Waals surface area (Å²) in [5, 5.41) is 0. The lowest BCUT2D eigenvalue weighted by molar-refractivity contribution is -0.382. The van der Waals surface area contributed by atoms with E-state index in [1.807, 2.05) is 0 Å². The van der Waals surface area contributed by atoms with E-state index >= 15 is 0 Å². The van der Waals surface area contributed by atoms with E-state index in [0.717, 1.165) is 0 Å². The van der Waals surface area contributed by atoms with E-state index in [0.29, 0.717) is 0 Å². The maximum absolute atomic E-state index is 13.4. The van der Waals surface area contributed by atoms with E-state index in [1.165, 1.54) is 0 Å². The maximum Gasteiger partial charge on any atom is 0.465 e. The van der Waals surface area contributed by atoms with Crippen LogP contribution >= 0.6 is 0 Å². The van der Waals surface area contributed by atoms with Crippen molar-refractivity contribution in [1.82, 2.24) is 0 Å². The van der Waals surface area contributed by atoms with Crippen molar-refractivity contribution in [2.45, 2.75) is 30.7 Å². The van der Waals surface area contributed by atoms with Crippen LogP contribution in [0.4, 0.5) is 30.7 Å². The van der Waals surface area contributed by atoms with Gasteiger partial charge in [-0.1, -0.05) is 0 Å². The van der Waals surface area contributed by atoms with Crippen LogP contribution in [0.25, 0.3) is 0 Å². The van der Waals surface area contributed by atoms with Crippen LogP contribution in [-0.4, -0.2) is 23.8 Å². The van der Waals surface area contributed by atoms with Crippen LogP contribution in [0.3, 0.4) is 0 Å². The Hall–Kier alpha value is -1.15. The smallest absolute Gasteiger partial charge is 0.442 e. The molecule has 1 aliphatic rings. The van der Waals surface area contributed by atoms with Crippen LogP contribution in [0, 0.1) is 0 Å². The van der Waals surface area contributed by atoms with Gasteiger partial charge in [-0.05, 0) is 13.5 Å². The Morgan fingerprint density at radius 3 is 1.69 bits per heavy atom. The average molecular weight is 254 g/mol. The molecule has 1 fully saturated rings. The largest absolute Gasteiger partial charge is 0.465 e. The van der Waals surface area contributed by atoms with E-state index in [1.54, 1.807) is 0 Å². The van der Waals surface area contributed by atoms with Crippen molar-refractivity contribution in [2.75, 3.05) is 0 Å². The second-order valence-corrected chi connectivity index (χ2v) is 3.20. The highest BCUT2D eigenvalue weighted by Gasteiger charge is 2.83. The lowest BCUT2D eigenvalue weighted by atomic mass is 9.95. The van der Waals surface area contributed by atoms with Gasteiger partial charge in [0.1, 0.15) is 0 Å². The van der Waals surface area contributed by atoms with E-state index in [4.69, 9.17) is 0 Å².